The summed E-state index contributed by atoms with van der Waals surface area (Å²) < 4.78 is 5.25. The Hall–Kier alpha value is -3.00. The van der Waals surface area contributed by atoms with Crippen LogP contribution >= 0.6 is 11.3 Å². The molecule has 3 rings (SSSR count). The van der Waals surface area contributed by atoms with Crippen LogP contribution < -0.4 is 5.32 Å². The number of hydrogen-bond donors (Lipinski definition) is 1. The quantitative estimate of drug-likeness (QED) is 0.297. The number of non-ortho nitro benzene ring substituents is 1. The second-order valence-electron chi connectivity index (χ2n) is 7.02. The van der Waals surface area contributed by atoms with E-state index in [-0.39, 0.29) is 12.3 Å². The van der Waals surface area contributed by atoms with Gasteiger partial charge in [-0.25, -0.2) is 4.79 Å². The van der Waals surface area contributed by atoms with E-state index in [4.69, 9.17) is 4.74 Å². The van der Waals surface area contributed by atoms with Crippen molar-refractivity contribution in [3.63, 3.8) is 0 Å². The summed E-state index contributed by atoms with van der Waals surface area (Å²) in [6.45, 7) is 2.03. The van der Waals surface area contributed by atoms with Gasteiger partial charge in [0.25, 0.3) is 5.69 Å². The molecule has 1 heterocycles. The van der Waals surface area contributed by atoms with Crippen molar-refractivity contribution in [3.05, 3.63) is 62.0 Å². The first-order chi connectivity index (χ1) is 14.5. The molecule has 2 aromatic rings. The molecule has 0 saturated heterocycles. The van der Waals surface area contributed by atoms with Crippen LogP contribution in [0.3, 0.4) is 0 Å². The molecular formula is C22H24N2O5S. The van der Waals surface area contributed by atoms with Crippen molar-refractivity contribution in [1.29, 1.82) is 0 Å². The number of nitrogens with zero attached hydrogens (tertiary/aromatic N) is 1. The molecule has 0 saturated carbocycles. The number of amides is 1. The molecule has 0 spiro atoms. The van der Waals surface area contributed by atoms with Crippen LogP contribution in [0, 0.1) is 10.1 Å². The van der Waals surface area contributed by atoms with Crippen LogP contribution in [0.15, 0.2) is 30.3 Å². The topological polar surface area (TPSA) is 98.5 Å². The molecule has 1 aromatic heterocycles. The molecule has 0 fully saturated rings. The number of carbonyl (C=O) groups is 2. The minimum Gasteiger partial charge on any atom is -0.462 e. The number of benzene rings is 1. The standard InChI is InChI=1S/C22H24N2O5S/c1-2-29-22(26)20-17-10-5-3-4-6-11-18(17)30-21(20)23-19(25)13-12-15-8-7-9-16(14-15)24(27)28/h7-9,12-14H,2-6,10-11H2,1H3,(H,23,25). The number of nitro groups is 1. The Kier molecular flexibility index (Phi) is 7.35. The van der Waals surface area contributed by atoms with Crippen LogP contribution in [0.25, 0.3) is 6.08 Å². The van der Waals surface area contributed by atoms with Crippen LogP contribution in [0.2, 0.25) is 0 Å². The summed E-state index contributed by atoms with van der Waals surface area (Å²) in [5.41, 5.74) is 1.97. The molecule has 0 atom stereocenters. The number of thiophene rings is 1. The van der Waals surface area contributed by atoms with E-state index in [0.717, 1.165) is 42.5 Å². The van der Waals surface area contributed by atoms with Gasteiger partial charge in [-0.05, 0) is 49.8 Å². The summed E-state index contributed by atoms with van der Waals surface area (Å²) in [5.74, 6) is -0.810. The average molecular weight is 429 g/mol. The van der Waals surface area contributed by atoms with Gasteiger partial charge in [0, 0.05) is 23.1 Å². The highest BCUT2D eigenvalue weighted by molar-refractivity contribution is 7.17. The van der Waals surface area contributed by atoms with Crippen LogP contribution in [0.1, 0.15) is 59.0 Å². The van der Waals surface area contributed by atoms with Crippen LogP contribution in [0.5, 0.6) is 0 Å². The number of aryl methyl sites for hydroxylation is 1. The molecule has 0 unspecified atom stereocenters. The van der Waals surface area contributed by atoms with Crippen molar-refractivity contribution in [2.45, 2.75) is 45.4 Å². The smallest absolute Gasteiger partial charge is 0.341 e. The third-order valence-corrected chi connectivity index (χ3v) is 6.10. The molecule has 1 N–H and O–H groups in total. The monoisotopic (exact) mass is 428 g/mol. The first kappa shape index (κ1) is 21.7. The van der Waals surface area contributed by atoms with E-state index < -0.39 is 16.8 Å². The number of fused-ring (bicyclic) bond motifs is 1. The lowest BCUT2D eigenvalue weighted by Gasteiger charge is -2.11. The summed E-state index contributed by atoms with van der Waals surface area (Å²) in [4.78, 5) is 36.7. The minimum atomic E-state index is -0.482. The van der Waals surface area contributed by atoms with Gasteiger partial charge in [-0.1, -0.05) is 25.0 Å². The Morgan fingerprint density at radius 3 is 2.73 bits per heavy atom. The molecule has 0 radical (unpaired) electrons. The van der Waals surface area contributed by atoms with Gasteiger partial charge in [0.1, 0.15) is 5.00 Å². The highest BCUT2D eigenvalue weighted by Crippen LogP contribution is 2.37. The lowest BCUT2D eigenvalue weighted by atomic mass is 9.96. The van der Waals surface area contributed by atoms with Crippen LogP contribution in [0.4, 0.5) is 10.7 Å². The molecule has 30 heavy (non-hydrogen) atoms. The summed E-state index contributed by atoms with van der Waals surface area (Å²) >= 11 is 1.44. The summed E-state index contributed by atoms with van der Waals surface area (Å²) in [7, 11) is 0. The Labute approximate surface area is 178 Å². The van der Waals surface area contributed by atoms with E-state index in [1.165, 1.54) is 42.0 Å². The van der Waals surface area contributed by atoms with E-state index in [1.54, 1.807) is 19.1 Å². The van der Waals surface area contributed by atoms with E-state index >= 15 is 0 Å². The van der Waals surface area contributed by atoms with E-state index in [9.17, 15) is 19.7 Å². The highest BCUT2D eigenvalue weighted by atomic mass is 32.1. The maximum atomic E-state index is 12.6. The number of nitro benzene ring substituents is 1. The molecular weight excluding hydrogens is 404 g/mol. The molecule has 0 aliphatic heterocycles. The van der Waals surface area contributed by atoms with Gasteiger partial charge in [-0.15, -0.1) is 11.3 Å². The zero-order valence-corrected chi connectivity index (χ0v) is 17.6. The normalized spacial score (nSPS) is 13.9. The van der Waals surface area contributed by atoms with Gasteiger partial charge in [-0.2, -0.15) is 0 Å². The fourth-order valence-corrected chi connectivity index (χ4v) is 4.77. The van der Waals surface area contributed by atoms with Crippen molar-refractivity contribution in [1.82, 2.24) is 0 Å². The van der Waals surface area contributed by atoms with E-state index in [0.29, 0.717) is 16.1 Å². The van der Waals surface area contributed by atoms with Crippen molar-refractivity contribution in [2.75, 3.05) is 11.9 Å². The Morgan fingerprint density at radius 2 is 2.00 bits per heavy atom. The van der Waals surface area contributed by atoms with E-state index in [2.05, 4.69) is 5.32 Å². The first-order valence-electron chi connectivity index (χ1n) is 10.0. The minimum absolute atomic E-state index is 0.0415. The number of ether oxygens (including phenoxy) is 1. The Bertz CT molecular complexity index is 980. The second kappa shape index (κ2) is 10.2. The third kappa shape index (κ3) is 5.33. The van der Waals surface area contributed by atoms with E-state index in [1.807, 2.05) is 0 Å². The number of rotatable bonds is 6. The lowest BCUT2D eigenvalue weighted by Crippen LogP contribution is -2.13. The molecule has 1 aromatic carbocycles. The first-order valence-corrected chi connectivity index (χ1v) is 10.9. The van der Waals surface area contributed by atoms with Crippen molar-refractivity contribution in [2.24, 2.45) is 0 Å². The predicted molar refractivity (Wildman–Crippen MR) is 117 cm³/mol. The van der Waals surface area contributed by atoms with Gasteiger partial charge >= 0.3 is 5.97 Å². The average Bonchev–Trinajstić information content (AvgIpc) is 3.02. The molecule has 1 aliphatic carbocycles. The van der Waals surface area contributed by atoms with Crippen molar-refractivity contribution < 1.29 is 19.2 Å². The summed E-state index contributed by atoms with van der Waals surface area (Å²) in [6.07, 6.45) is 8.89. The van der Waals surface area contributed by atoms with Crippen LogP contribution in [-0.4, -0.2) is 23.4 Å². The number of anilines is 1. The zero-order chi connectivity index (χ0) is 21.5. The summed E-state index contributed by atoms with van der Waals surface area (Å²) in [5, 5.41) is 14.2. The van der Waals surface area contributed by atoms with Gasteiger partial charge in [0.2, 0.25) is 5.91 Å². The van der Waals surface area contributed by atoms with Crippen molar-refractivity contribution >= 4 is 40.0 Å². The van der Waals surface area contributed by atoms with Gasteiger partial charge in [0.05, 0.1) is 17.1 Å². The number of nitrogens with one attached hydrogen (secondary N) is 1. The third-order valence-electron chi connectivity index (χ3n) is 4.90. The molecule has 8 heteroatoms. The molecule has 7 nitrogen and oxygen atoms in total. The number of hydrogen-bond acceptors (Lipinski definition) is 6. The fraction of sp³-hybridized carbons (Fsp3) is 0.364. The Balaban J connectivity index is 1.83. The zero-order valence-electron chi connectivity index (χ0n) is 16.8. The highest BCUT2D eigenvalue weighted by Gasteiger charge is 2.25. The fourth-order valence-electron chi connectivity index (χ4n) is 3.49. The molecule has 1 amide bonds. The maximum Gasteiger partial charge on any atom is 0.341 e. The number of carbonyl (C=O) groups excluding carboxylic acids is 2. The molecule has 158 valence electrons. The Morgan fingerprint density at radius 1 is 1.23 bits per heavy atom. The molecule has 1 aliphatic rings. The van der Waals surface area contributed by atoms with Crippen LogP contribution in [-0.2, 0) is 22.4 Å². The second-order valence-corrected chi connectivity index (χ2v) is 8.12. The molecule has 0 bridgehead atoms. The van der Waals surface area contributed by atoms with Gasteiger partial charge < -0.3 is 10.1 Å². The lowest BCUT2D eigenvalue weighted by molar-refractivity contribution is -0.384. The largest absolute Gasteiger partial charge is 0.462 e. The maximum absolute atomic E-state index is 12.6. The summed E-state index contributed by atoms with van der Waals surface area (Å²) in [6, 6.07) is 6.03. The van der Waals surface area contributed by atoms with Gasteiger partial charge in [-0.3, -0.25) is 14.9 Å². The predicted octanol–water partition coefficient (Wildman–Crippen LogP) is 5.14. The van der Waals surface area contributed by atoms with Gasteiger partial charge in [0.15, 0.2) is 0 Å². The van der Waals surface area contributed by atoms with Crippen molar-refractivity contribution in [3.8, 4) is 0 Å². The SMILES string of the molecule is CCOC(=O)c1c(NC(=O)C=Cc2cccc([N+](=O)[O-])c2)sc2c1CCCCCC2. The number of esters is 1.